The maximum Gasteiger partial charge on any atom is 0.251 e. The maximum atomic E-state index is 12.7. The van der Waals surface area contributed by atoms with Gasteiger partial charge >= 0.3 is 0 Å². The number of nitrogens with one attached hydrogen (secondary N) is 1. The smallest absolute Gasteiger partial charge is 0.251 e. The lowest BCUT2D eigenvalue weighted by Gasteiger charge is -2.29. The second-order valence-corrected chi connectivity index (χ2v) is 4.85. The van der Waals surface area contributed by atoms with E-state index in [-0.39, 0.29) is 17.8 Å². The molecule has 0 bridgehead atoms. The second-order valence-electron chi connectivity index (χ2n) is 4.85. The zero-order chi connectivity index (χ0) is 12.3. The van der Waals surface area contributed by atoms with Gasteiger partial charge in [0.1, 0.15) is 5.82 Å². The van der Waals surface area contributed by atoms with Crippen LogP contribution in [-0.4, -0.2) is 11.9 Å². The molecule has 0 saturated heterocycles. The van der Waals surface area contributed by atoms with Crippen molar-refractivity contribution in [1.29, 1.82) is 0 Å². The fourth-order valence-electron chi connectivity index (χ4n) is 2.38. The van der Waals surface area contributed by atoms with Crippen molar-refractivity contribution in [3.63, 3.8) is 0 Å². The summed E-state index contributed by atoms with van der Waals surface area (Å²) in [5.41, 5.74) is 0.532. The van der Waals surface area contributed by atoms with Crippen LogP contribution in [0.4, 0.5) is 4.39 Å². The van der Waals surface area contributed by atoms with Gasteiger partial charge in [0.25, 0.3) is 5.91 Å². The third-order valence-electron chi connectivity index (χ3n) is 3.53. The van der Waals surface area contributed by atoms with Gasteiger partial charge < -0.3 is 5.32 Å². The first-order valence-corrected chi connectivity index (χ1v) is 6.23. The van der Waals surface area contributed by atoms with Crippen LogP contribution in [0, 0.1) is 11.7 Å². The van der Waals surface area contributed by atoms with E-state index >= 15 is 0 Å². The zero-order valence-corrected chi connectivity index (χ0v) is 10.1. The number of hydrogen-bond acceptors (Lipinski definition) is 1. The molecule has 17 heavy (non-hydrogen) atoms. The molecule has 1 aromatic carbocycles. The SMILES string of the molecule is C[C@H]1CCCC[C@H]1NC(=O)c1ccc(F)cc1. The standard InChI is InChI=1S/C14H18FNO/c1-10-4-2-3-5-13(10)16-14(17)11-6-8-12(15)9-7-11/h6-10,13H,2-5H2,1H3,(H,16,17)/t10-,13+/m0/s1. The summed E-state index contributed by atoms with van der Waals surface area (Å²) >= 11 is 0. The third kappa shape index (κ3) is 3.05. The van der Waals surface area contributed by atoms with Gasteiger partial charge in [-0.1, -0.05) is 19.8 Å². The van der Waals surface area contributed by atoms with E-state index in [1.165, 1.54) is 43.5 Å². The molecule has 0 unspecified atom stereocenters. The number of benzene rings is 1. The van der Waals surface area contributed by atoms with E-state index in [1.54, 1.807) is 0 Å². The fraction of sp³-hybridized carbons (Fsp3) is 0.500. The fourth-order valence-corrected chi connectivity index (χ4v) is 2.38. The Labute approximate surface area is 101 Å². The van der Waals surface area contributed by atoms with Crippen LogP contribution in [0.5, 0.6) is 0 Å². The average Bonchev–Trinajstić information content (AvgIpc) is 2.33. The van der Waals surface area contributed by atoms with E-state index in [4.69, 9.17) is 0 Å². The number of carbonyl (C=O) groups is 1. The van der Waals surface area contributed by atoms with Crippen molar-refractivity contribution in [3.05, 3.63) is 35.6 Å². The van der Waals surface area contributed by atoms with Gasteiger partial charge in [-0.05, 0) is 43.0 Å². The quantitative estimate of drug-likeness (QED) is 0.838. The molecular formula is C14H18FNO. The van der Waals surface area contributed by atoms with Gasteiger partial charge in [-0.25, -0.2) is 4.39 Å². The maximum absolute atomic E-state index is 12.7. The van der Waals surface area contributed by atoms with Gasteiger partial charge in [0.15, 0.2) is 0 Å². The Morgan fingerprint density at radius 3 is 2.53 bits per heavy atom. The van der Waals surface area contributed by atoms with E-state index in [0.717, 1.165) is 6.42 Å². The molecule has 0 spiro atoms. The second kappa shape index (κ2) is 5.30. The lowest BCUT2D eigenvalue weighted by Crippen LogP contribution is -2.41. The van der Waals surface area contributed by atoms with E-state index in [0.29, 0.717) is 11.5 Å². The van der Waals surface area contributed by atoms with Crippen LogP contribution < -0.4 is 5.32 Å². The van der Waals surface area contributed by atoms with Gasteiger partial charge in [0.2, 0.25) is 0 Å². The highest BCUT2D eigenvalue weighted by Crippen LogP contribution is 2.23. The molecule has 1 aliphatic carbocycles. The van der Waals surface area contributed by atoms with Gasteiger partial charge in [-0.2, -0.15) is 0 Å². The monoisotopic (exact) mass is 235 g/mol. The minimum atomic E-state index is -0.312. The van der Waals surface area contributed by atoms with Crippen molar-refractivity contribution in [2.24, 2.45) is 5.92 Å². The molecule has 0 aromatic heterocycles. The Morgan fingerprint density at radius 2 is 1.88 bits per heavy atom. The highest BCUT2D eigenvalue weighted by Gasteiger charge is 2.23. The topological polar surface area (TPSA) is 29.1 Å². The van der Waals surface area contributed by atoms with Crippen LogP contribution in [0.2, 0.25) is 0 Å². The molecule has 0 heterocycles. The summed E-state index contributed by atoms with van der Waals surface area (Å²) in [4.78, 5) is 11.9. The number of hydrogen-bond donors (Lipinski definition) is 1. The molecule has 0 aliphatic heterocycles. The Kier molecular flexibility index (Phi) is 3.77. The van der Waals surface area contributed by atoms with Crippen molar-refractivity contribution in [2.75, 3.05) is 0 Å². The first-order valence-electron chi connectivity index (χ1n) is 6.23. The molecule has 2 nitrogen and oxygen atoms in total. The number of halogens is 1. The predicted octanol–water partition coefficient (Wildman–Crippen LogP) is 3.13. The van der Waals surface area contributed by atoms with Crippen molar-refractivity contribution in [2.45, 2.75) is 38.6 Å². The molecular weight excluding hydrogens is 217 g/mol. The molecule has 1 aromatic rings. The molecule has 0 radical (unpaired) electrons. The Balaban J connectivity index is 1.98. The molecule has 1 saturated carbocycles. The van der Waals surface area contributed by atoms with E-state index < -0.39 is 0 Å². The van der Waals surface area contributed by atoms with Gasteiger partial charge in [0, 0.05) is 11.6 Å². The summed E-state index contributed by atoms with van der Waals surface area (Å²) in [7, 11) is 0. The van der Waals surface area contributed by atoms with Crippen molar-refractivity contribution in [3.8, 4) is 0 Å². The molecule has 92 valence electrons. The van der Waals surface area contributed by atoms with Gasteiger partial charge in [-0.15, -0.1) is 0 Å². The zero-order valence-electron chi connectivity index (χ0n) is 10.1. The normalized spacial score (nSPS) is 24.4. The summed E-state index contributed by atoms with van der Waals surface area (Å²) in [6.45, 7) is 2.18. The van der Waals surface area contributed by atoms with Crippen LogP contribution in [-0.2, 0) is 0 Å². The van der Waals surface area contributed by atoms with Gasteiger partial charge in [0.05, 0.1) is 0 Å². The minimum Gasteiger partial charge on any atom is -0.349 e. The van der Waals surface area contributed by atoms with Crippen molar-refractivity contribution >= 4 is 5.91 Å². The largest absolute Gasteiger partial charge is 0.349 e. The molecule has 2 rings (SSSR count). The number of amides is 1. The molecule has 1 aliphatic rings. The molecule has 1 amide bonds. The lowest BCUT2D eigenvalue weighted by atomic mass is 9.86. The van der Waals surface area contributed by atoms with Crippen molar-refractivity contribution in [1.82, 2.24) is 5.32 Å². The number of carbonyl (C=O) groups excluding carboxylic acids is 1. The Morgan fingerprint density at radius 1 is 1.24 bits per heavy atom. The summed E-state index contributed by atoms with van der Waals surface area (Å²) in [5.74, 6) is 0.129. The molecule has 1 fully saturated rings. The minimum absolute atomic E-state index is 0.0937. The average molecular weight is 235 g/mol. The van der Waals surface area contributed by atoms with Crippen LogP contribution >= 0.6 is 0 Å². The molecule has 1 N–H and O–H groups in total. The summed E-state index contributed by atoms with van der Waals surface area (Å²) in [5, 5.41) is 3.04. The van der Waals surface area contributed by atoms with E-state index in [2.05, 4.69) is 12.2 Å². The van der Waals surface area contributed by atoms with E-state index in [9.17, 15) is 9.18 Å². The third-order valence-corrected chi connectivity index (χ3v) is 3.53. The highest BCUT2D eigenvalue weighted by atomic mass is 19.1. The van der Waals surface area contributed by atoms with Gasteiger partial charge in [-0.3, -0.25) is 4.79 Å². The first kappa shape index (κ1) is 12.1. The predicted molar refractivity (Wildman–Crippen MR) is 65.3 cm³/mol. The highest BCUT2D eigenvalue weighted by molar-refractivity contribution is 5.94. The van der Waals surface area contributed by atoms with Crippen LogP contribution in [0.15, 0.2) is 24.3 Å². The molecule has 3 heteroatoms. The van der Waals surface area contributed by atoms with E-state index in [1.807, 2.05) is 0 Å². The van der Waals surface area contributed by atoms with Crippen molar-refractivity contribution < 1.29 is 9.18 Å². The molecule has 2 atom stereocenters. The van der Waals surface area contributed by atoms with Crippen LogP contribution in [0.3, 0.4) is 0 Å². The lowest BCUT2D eigenvalue weighted by molar-refractivity contribution is 0.0910. The Bertz CT molecular complexity index is 388. The van der Waals surface area contributed by atoms with Crippen LogP contribution in [0.1, 0.15) is 43.0 Å². The Hall–Kier alpha value is -1.38. The first-order chi connectivity index (χ1) is 8.16. The summed E-state index contributed by atoms with van der Waals surface area (Å²) < 4.78 is 12.7. The van der Waals surface area contributed by atoms with Crippen LogP contribution in [0.25, 0.3) is 0 Å². The summed E-state index contributed by atoms with van der Waals surface area (Å²) in [6.07, 6.45) is 4.66. The number of rotatable bonds is 2. The summed E-state index contributed by atoms with van der Waals surface area (Å²) in [6, 6.07) is 5.95.